The summed E-state index contributed by atoms with van der Waals surface area (Å²) in [7, 11) is 0. The van der Waals surface area contributed by atoms with Crippen molar-refractivity contribution in [2.45, 2.75) is 78.3 Å². The molecule has 3 rings (SSSR count). The number of aromatic amines is 1. The second-order valence-electron chi connectivity index (χ2n) is 10.2. The third kappa shape index (κ3) is 7.33. The van der Waals surface area contributed by atoms with Crippen molar-refractivity contribution in [1.82, 2.24) is 25.5 Å². The van der Waals surface area contributed by atoms with Gasteiger partial charge in [-0.3, -0.25) is 9.59 Å². The first-order chi connectivity index (χ1) is 15.2. The van der Waals surface area contributed by atoms with Gasteiger partial charge in [-0.05, 0) is 63.2 Å². The highest BCUT2D eigenvalue weighted by Gasteiger charge is 2.25. The van der Waals surface area contributed by atoms with E-state index in [1.807, 2.05) is 31.2 Å². The minimum atomic E-state index is -0.545. The SMILES string of the molecule is CC(NC(=O)C(CCN1CCCCC1)NC(=O)CCC(C)(C)C)c1nc2ccccc2[nH]1. The molecule has 1 aromatic carbocycles. The predicted octanol–water partition coefficient (Wildman–Crippen LogP) is 3.93. The topological polar surface area (TPSA) is 90.1 Å². The summed E-state index contributed by atoms with van der Waals surface area (Å²) in [4.78, 5) is 36.0. The summed E-state index contributed by atoms with van der Waals surface area (Å²) in [6.07, 6.45) is 5.51. The van der Waals surface area contributed by atoms with E-state index in [1.54, 1.807) is 0 Å². The summed E-state index contributed by atoms with van der Waals surface area (Å²) in [6.45, 7) is 11.2. The fourth-order valence-electron chi connectivity index (χ4n) is 4.08. The van der Waals surface area contributed by atoms with Gasteiger partial charge in [0.2, 0.25) is 11.8 Å². The van der Waals surface area contributed by atoms with Crippen LogP contribution >= 0.6 is 0 Å². The Hall–Kier alpha value is -2.41. The van der Waals surface area contributed by atoms with Crippen molar-refractivity contribution < 1.29 is 9.59 Å². The Labute approximate surface area is 191 Å². The number of nitrogens with zero attached hydrogens (tertiary/aromatic N) is 2. The van der Waals surface area contributed by atoms with E-state index in [4.69, 9.17) is 0 Å². The molecule has 3 N–H and O–H groups in total. The molecule has 1 aliphatic rings. The molecule has 0 spiro atoms. The highest BCUT2D eigenvalue weighted by Crippen LogP contribution is 2.20. The zero-order valence-corrected chi connectivity index (χ0v) is 20.0. The van der Waals surface area contributed by atoms with Crippen molar-refractivity contribution in [3.8, 4) is 0 Å². The minimum Gasteiger partial charge on any atom is -0.345 e. The van der Waals surface area contributed by atoms with Crippen LogP contribution in [0, 0.1) is 5.41 Å². The standard InChI is InChI=1S/C25H39N5O2/c1-18(23-28-19-10-6-7-11-20(19)29-23)26-24(32)21(13-17-30-15-8-5-9-16-30)27-22(31)12-14-25(2,3)4/h6-7,10-11,18,21H,5,8-9,12-17H2,1-4H3,(H,26,32)(H,27,31)(H,28,29). The molecule has 2 amide bonds. The number of likely N-dealkylation sites (tertiary alicyclic amines) is 1. The number of imidazole rings is 1. The Kier molecular flexibility index (Phi) is 8.29. The molecule has 1 aliphatic heterocycles. The van der Waals surface area contributed by atoms with Crippen LogP contribution < -0.4 is 10.6 Å². The Morgan fingerprint density at radius 1 is 1.12 bits per heavy atom. The zero-order chi connectivity index (χ0) is 23.1. The van der Waals surface area contributed by atoms with Crippen molar-refractivity contribution in [1.29, 1.82) is 0 Å². The average molecular weight is 442 g/mol. The summed E-state index contributed by atoms with van der Waals surface area (Å²) >= 11 is 0. The summed E-state index contributed by atoms with van der Waals surface area (Å²) < 4.78 is 0. The lowest BCUT2D eigenvalue weighted by Gasteiger charge is -2.28. The molecule has 0 radical (unpaired) electrons. The molecule has 7 heteroatoms. The molecule has 1 saturated heterocycles. The fourth-order valence-corrected chi connectivity index (χ4v) is 4.08. The van der Waals surface area contributed by atoms with Crippen LogP contribution in [0.1, 0.15) is 78.1 Å². The van der Waals surface area contributed by atoms with Gasteiger partial charge >= 0.3 is 0 Å². The van der Waals surface area contributed by atoms with E-state index in [0.717, 1.165) is 37.1 Å². The normalized spacial score (nSPS) is 17.1. The lowest BCUT2D eigenvalue weighted by Crippen LogP contribution is -2.49. The van der Waals surface area contributed by atoms with Crippen molar-refractivity contribution in [2.75, 3.05) is 19.6 Å². The summed E-state index contributed by atoms with van der Waals surface area (Å²) in [5.41, 5.74) is 1.90. The number of nitrogens with one attached hydrogen (secondary N) is 3. The van der Waals surface area contributed by atoms with Gasteiger partial charge in [-0.2, -0.15) is 0 Å². The molecule has 0 bridgehead atoms. The minimum absolute atomic E-state index is 0.0601. The van der Waals surface area contributed by atoms with Crippen molar-refractivity contribution in [3.63, 3.8) is 0 Å². The number of benzene rings is 1. The monoisotopic (exact) mass is 441 g/mol. The molecule has 2 atom stereocenters. The number of piperidine rings is 1. The summed E-state index contributed by atoms with van der Waals surface area (Å²) in [5.74, 6) is 0.502. The third-order valence-electron chi connectivity index (χ3n) is 6.11. The number of amides is 2. The largest absolute Gasteiger partial charge is 0.345 e. The van der Waals surface area contributed by atoms with Crippen LogP contribution in [0.4, 0.5) is 0 Å². The molecule has 176 valence electrons. The highest BCUT2D eigenvalue weighted by molar-refractivity contribution is 5.88. The number of hydrogen-bond donors (Lipinski definition) is 3. The van der Waals surface area contributed by atoms with E-state index in [1.165, 1.54) is 19.3 Å². The zero-order valence-electron chi connectivity index (χ0n) is 20.0. The number of H-pyrrole nitrogens is 1. The first kappa shape index (κ1) is 24.2. The number of carbonyl (C=O) groups excluding carboxylic acids is 2. The number of para-hydroxylation sites is 2. The third-order valence-corrected chi connectivity index (χ3v) is 6.11. The molecule has 1 aromatic heterocycles. The molecule has 0 saturated carbocycles. The molecule has 32 heavy (non-hydrogen) atoms. The molecule has 1 fully saturated rings. The average Bonchev–Trinajstić information content (AvgIpc) is 3.20. The lowest BCUT2D eigenvalue weighted by atomic mass is 9.90. The number of aromatic nitrogens is 2. The first-order valence-electron chi connectivity index (χ1n) is 12.0. The van der Waals surface area contributed by atoms with Gasteiger partial charge in [-0.15, -0.1) is 0 Å². The fraction of sp³-hybridized carbons (Fsp3) is 0.640. The van der Waals surface area contributed by atoms with Crippen LogP contribution in [0.2, 0.25) is 0 Å². The number of hydrogen-bond acceptors (Lipinski definition) is 4. The van der Waals surface area contributed by atoms with Crippen LogP contribution in [0.5, 0.6) is 0 Å². The number of carbonyl (C=O) groups is 2. The molecular weight excluding hydrogens is 402 g/mol. The van der Waals surface area contributed by atoms with Gasteiger partial charge in [0.15, 0.2) is 0 Å². The smallest absolute Gasteiger partial charge is 0.243 e. The Bertz CT molecular complexity index is 862. The van der Waals surface area contributed by atoms with E-state index >= 15 is 0 Å². The summed E-state index contributed by atoms with van der Waals surface area (Å²) in [6, 6.07) is 6.99. The Balaban J connectivity index is 1.62. The lowest BCUT2D eigenvalue weighted by molar-refractivity contribution is -0.130. The van der Waals surface area contributed by atoms with Gasteiger partial charge < -0.3 is 20.5 Å². The van der Waals surface area contributed by atoms with Crippen LogP contribution in [-0.2, 0) is 9.59 Å². The molecule has 2 unspecified atom stereocenters. The van der Waals surface area contributed by atoms with Crippen molar-refractivity contribution in [2.24, 2.45) is 5.41 Å². The van der Waals surface area contributed by atoms with E-state index in [9.17, 15) is 9.59 Å². The second kappa shape index (κ2) is 10.9. The van der Waals surface area contributed by atoms with Crippen LogP contribution in [-0.4, -0.2) is 52.4 Å². The Morgan fingerprint density at radius 3 is 2.53 bits per heavy atom. The Morgan fingerprint density at radius 2 is 1.84 bits per heavy atom. The maximum absolute atomic E-state index is 13.2. The van der Waals surface area contributed by atoms with Gasteiger partial charge in [0.1, 0.15) is 11.9 Å². The van der Waals surface area contributed by atoms with E-state index in [2.05, 4.69) is 46.3 Å². The van der Waals surface area contributed by atoms with Gasteiger partial charge in [-0.25, -0.2) is 4.98 Å². The van der Waals surface area contributed by atoms with Crippen LogP contribution in [0.15, 0.2) is 24.3 Å². The highest BCUT2D eigenvalue weighted by atomic mass is 16.2. The summed E-state index contributed by atoms with van der Waals surface area (Å²) in [5, 5.41) is 6.06. The van der Waals surface area contributed by atoms with E-state index in [-0.39, 0.29) is 23.3 Å². The molecule has 0 aliphatic carbocycles. The second-order valence-corrected chi connectivity index (χ2v) is 10.2. The maximum atomic E-state index is 13.2. The maximum Gasteiger partial charge on any atom is 0.243 e. The van der Waals surface area contributed by atoms with Gasteiger partial charge in [0, 0.05) is 13.0 Å². The number of fused-ring (bicyclic) bond motifs is 1. The molecule has 2 aromatic rings. The quantitative estimate of drug-likeness (QED) is 0.550. The van der Waals surface area contributed by atoms with Crippen LogP contribution in [0.3, 0.4) is 0 Å². The van der Waals surface area contributed by atoms with Gasteiger partial charge in [0.05, 0.1) is 17.1 Å². The van der Waals surface area contributed by atoms with Crippen molar-refractivity contribution >= 4 is 22.8 Å². The molecule has 7 nitrogen and oxygen atoms in total. The van der Waals surface area contributed by atoms with Gasteiger partial charge in [-0.1, -0.05) is 39.3 Å². The first-order valence-corrected chi connectivity index (χ1v) is 12.0. The van der Waals surface area contributed by atoms with E-state index in [0.29, 0.717) is 18.7 Å². The number of rotatable bonds is 9. The molecule has 2 heterocycles. The van der Waals surface area contributed by atoms with Crippen molar-refractivity contribution in [3.05, 3.63) is 30.1 Å². The predicted molar refractivity (Wildman–Crippen MR) is 128 cm³/mol. The van der Waals surface area contributed by atoms with E-state index < -0.39 is 6.04 Å². The van der Waals surface area contributed by atoms with Gasteiger partial charge in [0.25, 0.3) is 0 Å². The molecular formula is C25H39N5O2. The van der Waals surface area contributed by atoms with Crippen LogP contribution in [0.25, 0.3) is 11.0 Å².